The Labute approximate surface area is 126 Å². The summed E-state index contributed by atoms with van der Waals surface area (Å²) in [6.07, 6.45) is 0. The summed E-state index contributed by atoms with van der Waals surface area (Å²) in [6.45, 7) is 7.72. The van der Waals surface area contributed by atoms with E-state index in [1.54, 1.807) is 7.11 Å². The minimum absolute atomic E-state index is 0.0676. The van der Waals surface area contributed by atoms with E-state index in [2.05, 4.69) is 32.3 Å². The fraction of sp³-hybridized carbons (Fsp3) is 0.600. The maximum atomic E-state index is 5.76. The van der Waals surface area contributed by atoms with Gasteiger partial charge in [-0.05, 0) is 6.07 Å². The van der Waals surface area contributed by atoms with Crippen LogP contribution < -0.4 is 16.0 Å². The minimum atomic E-state index is 0.0676. The van der Waals surface area contributed by atoms with Crippen LogP contribution in [0.2, 0.25) is 0 Å². The Morgan fingerprint density at radius 3 is 2.55 bits per heavy atom. The molecule has 5 heteroatoms. The van der Waals surface area contributed by atoms with E-state index in [0.717, 1.165) is 17.1 Å². The predicted octanol–water partition coefficient (Wildman–Crippen LogP) is 2.75. The summed E-state index contributed by atoms with van der Waals surface area (Å²) >= 11 is 1.88. The van der Waals surface area contributed by atoms with Gasteiger partial charge < -0.3 is 9.47 Å². The normalized spacial score (nSPS) is 13.2. The fourth-order valence-electron chi connectivity index (χ4n) is 1.70. The molecule has 0 heterocycles. The van der Waals surface area contributed by atoms with Gasteiger partial charge >= 0.3 is 0 Å². The summed E-state index contributed by atoms with van der Waals surface area (Å²) in [5.74, 6) is 7.47. The van der Waals surface area contributed by atoms with Crippen LogP contribution in [-0.4, -0.2) is 30.8 Å². The molecule has 1 atom stereocenters. The molecule has 0 saturated heterocycles. The standard InChI is InChI=1S/C15H26N2O2S/c1-15(2,3)20-11-13(17-16)12-7-5-6-8-14(12)19-10-9-18-4/h5-8,13,17H,9-11,16H2,1-4H3. The number of hydrazine groups is 1. The number of thioether (sulfide) groups is 1. The molecule has 0 spiro atoms. The van der Waals surface area contributed by atoms with Crippen molar-refractivity contribution in [3.05, 3.63) is 29.8 Å². The highest BCUT2D eigenvalue weighted by molar-refractivity contribution is 8.00. The molecule has 4 nitrogen and oxygen atoms in total. The van der Waals surface area contributed by atoms with Gasteiger partial charge in [0.1, 0.15) is 12.4 Å². The van der Waals surface area contributed by atoms with Crippen molar-refractivity contribution in [2.75, 3.05) is 26.1 Å². The van der Waals surface area contributed by atoms with E-state index < -0.39 is 0 Å². The van der Waals surface area contributed by atoms with E-state index in [1.807, 2.05) is 30.0 Å². The van der Waals surface area contributed by atoms with Crippen LogP contribution in [0.15, 0.2) is 24.3 Å². The van der Waals surface area contributed by atoms with Gasteiger partial charge in [-0.2, -0.15) is 11.8 Å². The van der Waals surface area contributed by atoms with Crippen LogP contribution in [0.4, 0.5) is 0 Å². The highest BCUT2D eigenvalue weighted by Crippen LogP contribution is 2.31. The van der Waals surface area contributed by atoms with Crippen molar-refractivity contribution in [1.82, 2.24) is 5.43 Å². The topological polar surface area (TPSA) is 56.5 Å². The Kier molecular flexibility index (Phi) is 7.37. The third-order valence-corrected chi connectivity index (χ3v) is 4.09. The predicted molar refractivity (Wildman–Crippen MR) is 86.1 cm³/mol. The molecule has 0 bridgehead atoms. The van der Waals surface area contributed by atoms with Gasteiger partial charge in [0.15, 0.2) is 0 Å². The van der Waals surface area contributed by atoms with E-state index in [1.165, 1.54) is 0 Å². The molecular weight excluding hydrogens is 272 g/mol. The summed E-state index contributed by atoms with van der Waals surface area (Å²) in [5.41, 5.74) is 3.98. The molecule has 0 aromatic heterocycles. The van der Waals surface area contributed by atoms with Crippen molar-refractivity contribution >= 4 is 11.8 Å². The number of ether oxygens (including phenoxy) is 2. The molecule has 0 saturated carbocycles. The van der Waals surface area contributed by atoms with Crippen molar-refractivity contribution < 1.29 is 9.47 Å². The van der Waals surface area contributed by atoms with E-state index in [0.29, 0.717) is 13.2 Å². The lowest BCUT2D eigenvalue weighted by Gasteiger charge is -2.24. The number of benzene rings is 1. The summed E-state index contributed by atoms with van der Waals surface area (Å²) in [5, 5.41) is 0. The van der Waals surface area contributed by atoms with Crippen LogP contribution in [0.1, 0.15) is 32.4 Å². The number of rotatable bonds is 8. The van der Waals surface area contributed by atoms with Gasteiger partial charge in [0, 0.05) is 23.2 Å². The lowest BCUT2D eigenvalue weighted by Crippen LogP contribution is -2.31. The number of methoxy groups -OCH3 is 1. The first-order valence-corrected chi connectivity index (χ1v) is 7.77. The summed E-state index contributed by atoms with van der Waals surface area (Å²) < 4.78 is 11.0. The van der Waals surface area contributed by atoms with E-state index in [9.17, 15) is 0 Å². The first-order valence-electron chi connectivity index (χ1n) is 6.78. The Hall–Kier alpha value is -0.750. The molecule has 0 fully saturated rings. The van der Waals surface area contributed by atoms with Gasteiger partial charge in [0.2, 0.25) is 0 Å². The molecule has 0 radical (unpaired) electrons. The molecule has 1 rings (SSSR count). The first kappa shape index (κ1) is 17.3. The molecule has 0 aliphatic carbocycles. The number of hydrogen-bond donors (Lipinski definition) is 2. The van der Waals surface area contributed by atoms with E-state index in [-0.39, 0.29) is 10.8 Å². The highest BCUT2D eigenvalue weighted by Gasteiger charge is 2.19. The van der Waals surface area contributed by atoms with Crippen LogP contribution in [0.25, 0.3) is 0 Å². The quantitative estimate of drug-likeness (QED) is 0.439. The molecule has 20 heavy (non-hydrogen) atoms. The summed E-state index contributed by atoms with van der Waals surface area (Å²) in [4.78, 5) is 0. The molecule has 0 aliphatic heterocycles. The third-order valence-electron chi connectivity index (χ3n) is 2.72. The number of nitrogens with one attached hydrogen (secondary N) is 1. The van der Waals surface area contributed by atoms with E-state index in [4.69, 9.17) is 15.3 Å². The van der Waals surface area contributed by atoms with Gasteiger partial charge in [-0.3, -0.25) is 11.3 Å². The van der Waals surface area contributed by atoms with Crippen molar-refractivity contribution in [3.8, 4) is 5.75 Å². The Balaban J connectivity index is 2.75. The zero-order valence-corrected chi connectivity index (χ0v) is 13.6. The number of nitrogens with two attached hydrogens (primary N) is 1. The molecule has 1 aromatic carbocycles. The maximum absolute atomic E-state index is 5.76. The Bertz CT molecular complexity index is 394. The second-order valence-corrected chi connectivity index (χ2v) is 7.37. The van der Waals surface area contributed by atoms with Gasteiger partial charge in [-0.15, -0.1) is 0 Å². The SMILES string of the molecule is COCCOc1ccccc1C(CSC(C)(C)C)NN. The van der Waals surface area contributed by atoms with Crippen LogP contribution >= 0.6 is 11.8 Å². The van der Waals surface area contributed by atoms with Crippen molar-refractivity contribution in [2.24, 2.45) is 5.84 Å². The van der Waals surface area contributed by atoms with Crippen molar-refractivity contribution in [3.63, 3.8) is 0 Å². The fourth-order valence-corrected chi connectivity index (χ4v) is 2.64. The molecular formula is C15H26N2O2S. The average Bonchev–Trinajstić information content (AvgIpc) is 2.40. The molecule has 0 aliphatic rings. The Morgan fingerprint density at radius 1 is 1.25 bits per heavy atom. The number of para-hydroxylation sites is 1. The zero-order valence-electron chi connectivity index (χ0n) is 12.8. The monoisotopic (exact) mass is 298 g/mol. The zero-order chi connectivity index (χ0) is 15.0. The van der Waals surface area contributed by atoms with Crippen LogP contribution in [0, 0.1) is 0 Å². The molecule has 1 unspecified atom stereocenters. The number of hydrogen-bond acceptors (Lipinski definition) is 5. The molecule has 1 aromatic rings. The van der Waals surface area contributed by atoms with Gasteiger partial charge in [-0.25, -0.2) is 0 Å². The van der Waals surface area contributed by atoms with Gasteiger partial charge in [0.05, 0.1) is 12.6 Å². The van der Waals surface area contributed by atoms with Gasteiger partial charge in [0.25, 0.3) is 0 Å². The van der Waals surface area contributed by atoms with Crippen LogP contribution in [0.3, 0.4) is 0 Å². The smallest absolute Gasteiger partial charge is 0.124 e. The lowest BCUT2D eigenvalue weighted by molar-refractivity contribution is 0.145. The van der Waals surface area contributed by atoms with Crippen LogP contribution in [0.5, 0.6) is 5.75 Å². The van der Waals surface area contributed by atoms with Gasteiger partial charge in [-0.1, -0.05) is 39.0 Å². The van der Waals surface area contributed by atoms with E-state index >= 15 is 0 Å². The van der Waals surface area contributed by atoms with Crippen LogP contribution in [-0.2, 0) is 4.74 Å². The minimum Gasteiger partial charge on any atom is -0.491 e. The molecule has 114 valence electrons. The molecule has 3 N–H and O–H groups in total. The lowest BCUT2D eigenvalue weighted by atomic mass is 10.1. The Morgan fingerprint density at radius 2 is 1.95 bits per heavy atom. The first-order chi connectivity index (χ1) is 9.48. The second-order valence-electron chi connectivity index (χ2n) is 5.52. The molecule has 0 amide bonds. The summed E-state index contributed by atoms with van der Waals surface area (Å²) in [6, 6.07) is 8.06. The maximum Gasteiger partial charge on any atom is 0.124 e. The highest BCUT2D eigenvalue weighted by atomic mass is 32.2. The van der Waals surface area contributed by atoms with Crippen molar-refractivity contribution in [1.29, 1.82) is 0 Å². The van der Waals surface area contributed by atoms with Crippen molar-refractivity contribution in [2.45, 2.75) is 31.6 Å². The largest absolute Gasteiger partial charge is 0.491 e. The average molecular weight is 298 g/mol. The summed E-state index contributed by atoms with van der Waals surface area (Å²) in [7, 11) is 1.67. The second kappa shape index (κ2) is 8.52. The third kappa shape index (κ3) is 6.13.